The van der Waals surface area contributed by atoms with E-state index >= 15 is 0 Å². The van der Waals surface area contributed by atoms with Gasteiger partial charge in [-0.25, -0.2) is 24.0 Å². The Hall–Kier alpha value is -5.56. The normalized spacial score (nSPS) is 19.6. The number of carbonyl (C=O) groups is 1. The predicted octanol–water partition coefficient (Wildman–Crippen LogP) is 4.80. The Morgan fingerprint density at radius 1 is 1.00 bits per heavy atom. The summed E-state index contributed by atoms with van der Waals surface area (Å²) < 4.78 is 35.9. The Balaban J connectivity index is 1.22. The van der Waals surface area contributed by atoms with E-state index in [1.54, 1.807) is 36.0 Å². The van der Waals surface area contributed by atoms with Gasteiger partial charge >= 0.3 is 0 Å². The second-order valence-corrected chi connectivity index (χ2v) is 12.5. The standard InChI is InChI=1S/C36H35FN8O4/c1-21-41-29-10-6-9-27-22-7-5-8-24(13-22)49-25-15-31(36(46)42(2)17-26(47-3)19-43(21)33(27)29)44(18-25)34-28-16-40-45(35(28)39-20-38-34)30-12-11-23(37)14-32(30)48-4/h5-14,16,20,25-26,31H,15,17-19H2,1-4H3/t25-,26+,31-/m0/s1. The fraction of sp³-hybridized carbons (Fsp3) is 0.306. The van der Waals surface area contributed by atoms with E-state index in [1.165, 1.54) is 25.6 Å². The van der Waals surface area contributed by atoms with E-state index in [2.05, 4.69) is 31.8 Å². The van der Waals surface area contributed by atoms with Gasteiger partial charge in [0.1, 0.15) is 53.1 Å². The van der Waals surface area contributed by atoms with Crippen LogP contribution in [0.15, 0.2) is 73.2 Å². The Kier molecular flexibility index (Phi) is 7.63. The average Bonchev–Trinajstić information content (AvgIpc) is 3.82. The molecule has 49 heavy (non-hydrogen) atoms. The number of rotatable bonds is 4. The summed E-state index contributed by atoms with van der Waals surface area (Å²) in [6.45, 7) is 3.27. The van der Waals surface area contributed by atoms with Gasteiger partial charge in [0.05, 0.1) is 48.9 Å². The third kappa shape index (κ3) is 5.30. The molecule has 0 radical (unpaired) electrons. The van der Waals surface area contributed by atoms with Crippen molar-refractivity contribution in [1.82, 2.24) is 34.2 Å². The second kappa shape index (κ2) is 12.2. The minimum atomic E-state index is -0.582. The highest BCUT2D eigenvalue weighted by molar-refractivity contribution is 5.94. The molecule has 250 valence electrons. The lowest BCUT2D eigenvalue weighted by Gasteiger charge is -2.30. The minimum absolute atomic E-state index is 0.0796. The molecular weight excluding hydrogens is 627 g/mol. The minimum Gasteiger partial charge on any atom is -0.494 e. The van der Waals surface area contributed by atoms with Crippen molar-refractivity contribution in [3.05, 3.63) is 84.8 Å². The van der Waals surface area contributed by atoms with Gasteiger partial charge in [-0.1, -0.05) is 24.3 Å². The smallest absolute Gasteiger partial charge is 0.245 e. The summed E-state index contributed by atoms with van der Waals surface area (Å²) in [5.41, 5.74) is 4.99. The maximum absolute atomic E-state index is 14.4. The van der Waals surface area contributed by atoms with Crippen LogP contribution in [0.25, 0.3) is 38.9 Å². The van der Waals surface area contributed by atoms with E-state index in [-0.39, 0.29) is 18.1 Å². The number of carbonyl (C=O) groups excluding carboxylic acids is 1. The highest BCUT2D eigenvalue weighted by Crippen LogP contribution is 2.36. The lowest BCUT2D eigenvalue weighted by Crippen LogP contribution is -2.47. The van der Waals surface area contributed by atoms with Crippen LogP contribution in [0.1, 0.15) is 12.2 Å². The van der Waals surface area contributed by atoms with Gasteiger partial charge in [-0.05, 0) is 42.8 Å². The number of likely N-dealkylation sites (N-methyl/N-ethyl adjacent to an activating group) is 1. The van der Waals surface area contributed by atoms with Crippen molar-refractivity contribution in [2.75, 3.05) is 39.3 Å². The summed E-state index contributed by atoms with van der Waals surface area (Å²) >= 11 is 0. The number of anilines is 1. The fourth-order valence-electron chi connectivity index (χ4n) is 7.16. The highest BCUT2D eigenvalue weighted by atomic mass is 19.1. The van der Waals surface area contributed by atoms with Crippen LogP contribution in [0.2, 0.25) is 0 Å². The van der Waals surface area contributed by atoms with Crippen molar-refractivity contribution in [1.29, 1.82) is 0 Å². The molecule has 3 aromatic carbocycles. The van der Waals surface area contributed by atoms with Crippen molar-refractivity contribution in [2.24, 2.45) is 0 Å². The maximum atomic E-state index is 14.4. The SMILES string of the molecule is COc1cc(F)ccc1-n1ncc2c(N3C[C@@H]4C[C@H]3C(=O)N(C)C[C@@H](OC)Cn3c(C)nc5cccc(c53)-c3cccc(c3)O4)ncnc21. The van der Waals surface area contributed by atoms with Crippen molar-refractivity contribution in [3.8, 4) is 28.3 Å². The van der Waals surface area contributed by atoms with Crippen LogP contribution in [0.4, 0.5) is 10.2 Å². The number of halogens is 1. The number of aryl methyl sites for hydroxylation is 1. The molecule has 12 nitrogen and oxygen atoms in total. The number of benzene rings is 3. The van der Waals surface area contributed by atoms with E-state index in [0.717, 1.165) is 28.0 Å². The first kappa shape index (κ1) is 30.8. The van der Waals surface area contributed by atoms with E-state index in [1.807, 2.05) is 42.2 Å². The van der Waals surface area contributed by atoms with E-state index < -0.39 is 11.9 Å². The van der Waals surface area contributed by atoms with Crippen molar-refractivity contribution < 1.29 is 23.4 Å². The van der Waals surface area contributed by atoms with Crippen LogP contribution in [0.3, 0.4) is 0 Å². The van der Waals surface area contributed by atoms with Crippen molar-refractivity contribution in [2.45, 2.75) is 38.1 Å². The highest BCUT2D eigenvalue weighted by Gasteiger charge is 2.41. The first-order chi connectivity index (χ1) is 23.8. The molecule has 4 bridgehead atoms. The van der Waals surface area contributed by atoms with E-state index in [0.29, 0.717) is 60.1 Å². The van der Waals surface area contributed by atoms with Gasteiger partial charge in [0.2, 0.25) is 5.91 Å². The van der Waals surface area contributed by atoms with Gasteiger partial charge in [0.15, 0.2) is 5.65 Å². The zero-order valence-electron chi connectivity index (χ0n) is 27.6. The molecule has 0 unspecified atom stereocenters. The lowest BCUT2D eigenvalue weighted by molar-refractivity contribution is -0.133. The summed E-state index contributed by atoms with van der Waals surface area (Å²) in [5.74, 6) is 1.93. The van der Waals surface area contributed by atoms with Gasteiger partial charge in [0, 0.05) is 38.8 Å². The number of nitrogens with zero attached hydrogens (tertiary/aromatic N) is 8. The number of amides is 1. The number of ether oxygens (including phenoxy) is 3. The Morgan fingerprint density at radius 2 is 1.86 bits per heavy atom. The molecule has 0 N–H and O–H groups in total. The molecule has 5 heterocycles. The number of hydrogen-bond donors (Lipinski definition) is 0. The van der Waals surface area contributed by atoms with E-state index in [4.69, 9.17) is 19.2 Å². The second-order valence-electron chi connectivity index (χ2n) is 12.5. The van der Waals surface area contributed by atoms with Crippen molar-refractivity contribution >= 4 is 33.8 Å². The number of aromatic nitrogens is 6. The molecule has 1 amide bonds. The quantitative estimate of drug-likeness (QED) is 0.263. The maximum Gasteiger partial charge on any atom is 0.245 e. The van der Waals surface area contributed by atoms with Crippen LogP contribution in [0.5, 0.6) is 11.5 Å². The van der Waals surface area contributed by atoms with Crippen LogP contribution < -0.4 is 14.4 Å². The fourth-order valence-corrected chi connectivity index (χ4v) is 7.16. The molecule has 6 aromatic rings. The molecule has 13 heteroatoms. The number of fused-ring (bicyclic) bond motifs is 6. The third-order valence-corrected chi connectivity index (χ3v) is 9.51. The predicted molar refractivity (Wildman–Crippen MR) is 182 cm³/mol. The molecule has 1 fully saturated rings. The summed E-state index contributed by atoms with van der Waals surface area (Å²) in [5, 5.41) is 5.22. The molecule has 3 aromatic heterocycles. The molecule has 3 atom stereocenters. The number of hydrogen-bond acceptors (Lipinski definition) is 9. The summed E-state index contributed by atoms with van der Waals surface area (Å²) in [4.78, 5) is 32.2. The Bertz CT molecular complexity index is 2220. The number of para-hydroxylation sites is 1. The average molecular weight is 663 g/mol. The number of imidazole rings is 1. The largest absolute Gasteiger partial charge is 0.494 e. The zero-order chi connectivity index (χ0) is 33.8. The molecule has 0 spiro atoms. The van der Waals surface area contributed by atoms with Crippen LogP contribution in [-0.2, 0) is 16.1 Å². The van der Waals surface area contributed by atoms with Crippen LogP contribution in [0, 0.1) is 12.7 Å². The summed E-state index contributed by atoms with van der Waals surface area (Å²) in [7, 11) is 4.96. The Labute approximate surface area is 281 Å². The first-order valence-corrected chi connectivity index (χ1v) is 16.1. The topological polar surface area (TPSA) is 113 Å². The first-order valence-electron chi connectivity index (χ1n) is 16.1. The lowest BCUT2D eigenvalue weighted by atomic mass is 10.0. The third-order valence-electron chi connectivity index (χ3n) is 9.51. The van der Waals surface area contributed by atoms with Gasteiger partial charge in [-0.3, -0.25) is 4.79 Å². The van der Waals surface area contributed by atoms with Crippen LogP contribution in [-0.4, -0.2) is 92.7 Å². The molecule has 1 saturated heterocycles. The monoisotopic (exact) mass is 662 g/mol. The molecule has 2 aliphatic rings. The van der Waals surface area contributed by atoms with Gasteiger partial charge in [-0.2, -0.15) is 5.10 Å². The molecule has 2 aliphatic heterocycles. The van der Waals surface area contributed by atoms with Crippen molar-refractivity contribution in [3.63, 3.8) is 0 Å². The van der Waals surface area contributed by atoms with E-state index in [9.17, 15) is 9.18 Å². The molecule has 0 aliphatic carbocycles. The Morgan fingerprint density at radius 3 is 2.69 bits per heavy atom. The summed E-state index contributed by atoms with van der Waals surface area (Å²) in [6.07, 6.45) is 2.94. The molecule has 8 rings (SSSR count). The van der Waals surface area contributed by atoms with Crippen LogP contribution >= 0.6 is 0 Å². The zero-order valence-corrected chi connectivity index (χ0v) is 27.6. The van der Waals surface area contributed by atoms with Gasteiger partial charge < -0.3 is 28.6 Å². The van der Waals surface area contributed by atoms with Gasteiger partial charge in [-0.15, -0.1) is 0 Å². The molecular formula is C36H35FN8O4. The van der Waals surface area contributed by atoms with Gasteiger partial charge in [0.25, 0.3) is 0 Å². The summed E-state index contributed by atoms with van der Waals surface area (Å²) in [6, 6.07) is 17.8. The molecule has 0 saturated carbocycles. The number of methoxy groups -OCH3 is 2.